The average molecular weight is 585 g/mol. The Morgan fingerprint density at radius 1 is 1.05 bits per heavy atom. The molecule has 2 aromatic rings. The second kappa shape index (κ2) is 11.0. The summed E-state index contributed by atoms with van der Waals surface area (Å²) in [6.45, 7) is 3.64. The summed E-state index contributed by atoms with van der Waals surface area (Å²) in [6.07, 6.45) is -0.759. The van der Waals surface area contributed by atoms with E-state index in [-0.39, 0.29) is 47.3 Å². The maximum atomic E-state index is 14.1. The Morgan fingerprint density at radius 3 is 2.26 bits per heavy atom. The number of anilines is 1. The summed E-state index contributed by atoms with van der Waals surface area (Å²) in [4.78, 5) is 32.2. The van der Waals surface area contributed by atoms with Crippen molar-refractivity contribution in [1.29, 1.82) is 0 Å². The van der Waals surface area contributed by atoms with Crippen molar-refractivity contribution in [3.63, 3.8) is 0 Å². The Hall–Kier alpha value is -2.41. The lowest BCUT2D eigenvalue weighted by Gasteiger charge is -2.54. The number of sulfonamides is 1. The normalized spacial score (nSPS) is 22.8. The van der Waals surface area contributed by atoms with Crippen molar-refractivity contribution in [2.24, 2.45) is 0 Å². The number of fused-ring (bicyclic) bond motifs is 1. The largest absolute Gasteiger partial charge is 0.335 e. The van der Waals surface area contributed by atoms with Gasteiger partial charge in [0.25, 0.3) is 0 Å². The average Bonchev–Trinajstić information content (AvgIpc) is 2.85. The summed E-state index contributed by atoms with van der Waals surface area (Å²) in [5.41, 5.74) is 3.30. The molecule has 2 amide bonds. The van der Waals surface area contributed by atoms with Gasteiger partial charge in [-0.2, -0.15) is 4.31 Å². The summed E-state index contributed by atoms with van der Waals surface area (Å²) in [6, 6.07) is 9.00. The Kier molecular flexibility index (Phi) is 8.27. The van der Waals surface area contributed by atoms with E-state index in [1.54, 1.807) is 48.2 Å². The first kappa shape index (κ1) is 28.6. The Morgan fingerprint density at radius 2 is 1.71 bits per heavy atom. The molecule has 0 bridgehead atoms. The molecule has 206 valence electrons. The molecule has 2 aromatic carbocycles. The van der Waals surface area contributed by atoms with Crippen LogP contribution >= 0.6 is 23.2 Å². The molecule has 0 aromatic heterocycles. The topological polar surface area (TPSA) is 114 Å². The SMILES string of the molecule is CC(C)N1CC2N(C(=O)C(N(C)C)CN2S(=O)(=O)c2ccc(Cl)cc2Cl)C(Cc2ccc(NO)cc2)C1=O. The van der Waals surface area contributed by atoms with Crippen LogP contribution in [0.3, 0.4) is 0 Å². The number of benzene rings is 2. The number of rotatable bonds is 7. The van der Waals surface area contributed by atoms with Crippen LogP contribution in [0.1, 0.15) is 19.4 Å². The fourth-order valence-corrected chi connectivity index (χ4v) is 7.31. The van der Waals surface area contributed by atoms with E-state index in [0.717, 1.165) is 5.56 Å². The van der Waals surface area contributed by atoms with Gasteiger partial charge in [0.2, 0.25) is 21.8 Å². The number of amides is 2. The van der Waals surface area contributed by atoms with Crippen molar-refractivity contribution in [2.45, 2.75) is 49.5 Å². The van der Waals surface area contributed by atoms with Crippen molar-refractivity contribution in [2.75, 3.05) is 32.7 Å². The van der Waals surface area contributed by atoms with Gasteiger partial charge >= 0.3 is 0 Å². The van der Waals surface area contributed by atoms with Crippen LogP contribution in [0.4, 0.5) is 5.69 Å². The van der Waals surface area contributed by atoms with Crippen LogP contribution in [-0.4, -0.2) is 95.9 Å². The lowest BCUT2D eigenvalue weighted by molar-refractivity contribution is -0.171. The fourth-order valence-electron chi connectivity index (χ4n) is 4.99. The Bertz CT molecular complexity index is 1320. The van der Waals surface area contributed by atoms with Gasteiger partial charge < -0.3 is 9.80 Å². The van der Waals surface area contributed by atoms with Gasteiger partial charge in [0, 0.05) is 24.0 Å². The van der Waals surface area contributed by atoms with Crippen LogP contribution in [-0.2, 0) is 26.0 Å². The highest BCUT2D eigenvalue weighted by molar-refractivity contribution is 7.89. The standard InChI is InChI=1S/C25H31Cl2N5O5S/c1-15(2)30-14-23-31(38(36,37)22-10-7-17(26)12-19(22)27)13-21(29(3)4)25(34)32(23)20(24(30)33)11-16-5-8-18(28-35)9-6-16/h5-10,12,15,20-21,23,28,35H,11,13-14H2,1-4H3. The zero-order valence-corrected chi connectivity index (χ0v) is 23.8. The number of nitrogens with zero attached hydrogens (tertiary/aromatic N) is 4. The first-order chi connectivity index (χ1) is 17.9. The van der Waals surface area contributed by atoms with E-state index < -0.39 is 28.3 Å². The predicted octanol–water partition coefficient (Wildman–Crippen LogP) is 2.75. The van der Waals surface area contributed by atoms with E-state index in [0.29, 0.717) is 10.7 Å². The number of nitrogens with one attached hydrogen (secondary N) is 1. The van der Waals surface area contributed by atoms with Crippen molar-refractivity contribution < 1.29 is 23.2 Å². The van der Waals surface area contributed by atoms with Crippen LogP contribution in [0.2, 0.25) is 10.0 Å². The molecule has 38 heavy (non-hydrogen) atoms. The molecule has 3 unspecified atom stereocenters. The van der Waals surface area contributed by atoms with Crippen LogP contribution in [0.15, 0.2) is 47.4 Å². The summed E-state index contributed by atoms with van der Waals surface area (Å²) in [7, 11) is -0.795. The highest BCUT2D eigenvalue weighted by Gasteiger charge is 2.54. The summed E-state index contributed by atoms with van der Waals surface area (Å²) < 4.78 is 29.4. The zero-order valence-electron chi connectivity index (χ0n) is 21.5. The number of carbonyl (C=O) groups is 2. The molecule has 3 atom stereocenters. The molecule has 2 fully saturated rings. The smallest absolute Gasteiger partial charge is 0.246 e. The molecule has 4 rings (SSSR count). The minimum absolute atomic E-state index is 0.0240. The number of hydrogen-bond acceptors (Lipinski definition) is 7. The van der Waals surface area contributed by atoms with Crippen molar-refractivity contribution >= 4 is 50.7 Å². The molecular weight excluding hydrogens is 553 g/mol. The van der Waals surface area contributed by atoms with Gasteiger partial charge in [0.1, 0.15) is 23.1 Å². The van der Waals surface area contributed by atoms with Gasteiger partial charge in [-0.1, -0.05) is 35.3 Å². The van der Waals surface area contributed by atoms with E-state index in [4.69, 9.17) is 28.4 Å². The van der Waals surface area contributed by atoms with E-state index in [1.165, 1.54) is 27.4 Å². The highest BCUT2D eigenvalue weighted by atomic mass is 35.5. The third-order valence-electron chi connectivity index (χ3n) is 7.05. The third-order valence-corrected chi connectivity index (χ3v) is 9.63. The second-order valence-corrected chi connectivity index (χ2v) is 12.7. The zero-order chi connectivity index (χ0) is 27.9. The van der Waals surface area contributed by atoms with Gasteiger partial charge in [-0.25, -0.2) is 8.42 Å². The fraction of sp³-hybridized carbons (Fsp3) is 0.440. The molecule has 2 saturated heterocycles. The maximum Gasteiger partial charge on any atom is 0.246 e. The van der Waals surface area contributed by atoms with Crippen molar-refractivity contribution in [3.05, 3.63) is 58.1 Å². The lowest BCUT2D eigenvalue weighted by Crippen LogP contribution is -2.76. The Balaban J connectivity index is 1.83. The first-order valence-electron chi connectivity index (χ1n) is 12.1. The molecule has 0 radical (unpaired) electrons. The Labute approximate surface area is 232 Å². The number of hydrogen-bond donors (Lipinski definition) is 2. The molecule has 0 aliphatic carbocycles. The number of likely N-dealkylation sites (N-methyl/N-ethyl adjacent to an activating group) is 1. The summed E-state index contributed by atoms with van der Waals surface area (Å²) in [5.74, 6) is -0.570. The molecule has 2 heterocycles. The predicted molar refractivity (Wildman–Crippen MR) is 145 cm³/mol. The van der Waals surface area contributed by atoms with E-state index in [2.05, 4.69) is 5.48 Å². The highest BCUT2D eigenvalue weighted by Crippen LogP contribution is 2.35. The quantitative estimate of drug-likeness (QED) is 0.482. The van der Waals surface area contributed by atoms with Crippen molar-refractivity contribution in [1.82, 2.24) is 19.0 Å². The third kappa shape index (κ3) is 5.23. The monoisotopic (exact) mass is 583 g/mol. The van der Waals surface area contributed by atoms with E-state index >= 15 is 0 Å². The molecule has 13 heteroatoms. The summed E-state index contributed by atoms with van der Waals surface area (Å²) >= 11 is 12.3. The molecule has 0 spiro atoms. The van der Waals surface area contributed by atoms with Crippen molar-refractivity contribution in [3.8, 4) is 0 Å². The molecule has 2 N–H and O–H groups in total. The number of halogens is 2. The van der Waals surface area contributed by atoms with Gasteiger partial charge in [0.05, 0.1) is 17.3 Å². The molecule has 10 nitrogen and oxygen atoms in total. The van der Waals surface area contributed by atoms with Gasteiger partial charge in [0.15, 0.2) is 0 Å². The second-order valence-electron chi connectivity index (χ2n) is 9.97. The summed E-state index contributed by atoms with van der Waals surface area (Å²) in [5, 5.41) is 9.42. The minimum Gasteiger partial charge on any atom is -0.335 e. The maximum absolute atomic E-state index is 14.1. The number of piperazine rings is 1. The van der Waals surface area contributed by atoms with Crippen LogP contribution in [0, 0.1) is 0 Å². The molecule has 0 saturated carbocycles. The van der Waals surface area contributed by atoms with Crippen LogP contribution < -0.4 is 5.48 Å². The molecule has 2 aliphatic rings. The van der Waals surface area contributed by atoms with Gasteiger partial charge in [-0.3, -0.25) is 25.2 Å². The minimum atomic E-state index is -4.19. The van der Waals surface area contributed by atoms with Gasteiger partial charge in [-0.15, -0.1) is 0 Å². The van der Waals surface area contributed by atoms with Crippen LogP contribution in [0.5, 0.6) is 0 Å². The lowest BCUT2D eigenvalue weighted by atomic mass is 9.96. The van der Waals surface area contributed by atoms with E-state index in [1.807, 2.05) is 13.8 Å². The molecule has 2 aliphatic heterocycles. The van der Waals surface area contributed by atoms with E-state index in [9.17, 15) is 18.0 Å². The number of carbonyl (C=O) groups excluding carboxylic acids is 2. The molecular formula is C25H31Cl2N5O5S. The van der Waals surface area contributed by atoms with Crippen LogP contribution in [0.25, 0.3) is 0 Å². The van der Waals surface area contributed by atoms with Gasteiger partial charge in [-0.05, 0) is 63.8 Å². The first-order valence-corrected chi connectivity index (χ1v) is 14.3.